The van der Waals surface area contributed by atoms with Crippen LogP contribution in [0, 0.1) is 17.1 Å². The van der Waals surface area contributed by atoms with Crippen molar-refractivity contribution in [3.05, 3.63) is 64.4 Å². The standard InChI is InChI=1S/C20H20ClFN4O/c1-13-19(25-20(27)24-12-14-2-5-16(22)6-3-14)8-9-26(13)17-7-4-15(11-23)18(21)10-17/h2-7,10,13,19H,8-9,12H2,1H3,(H2,24,25,27)/t13-,19+/m0/s1. The first-order chi connectivity index (χ1) is 13.0. The van der Waals surface area contributed by atoms with E-state index in [-0.39, 0.29) is 23.9 Å². The van der Waals surface area contributed by atoms with Crippen LogP contribution in [0.3, 0.4) is 0 Å². The number of carbonyl (C=O) groups excluding carboxylic acids is 1. The predicted octanol–water partition coefficient (Wildman–Crippen LogP) is 3.82. The van der Waals surface area contributed by atoms with Gasteiger partial charge in [-0.05, 0) is 49.2 Å². The monoisotopic (exact) mass is 386 g/mol. The first-order valence-corrected chi connectivity index (χ1v) is 9.11. The van der Waals surface area contributed by atoms with Gasteiger partial charge in [-0.15, -0.1) is 0 Å². The van der Waals surface area contributed by atoms with E-state index < -0.39 is 0 Å². The van der Waals surface area contributed by atoms with E-state index in [1.165, 1.54) is 12.1 Å². The first kappa shape index (κ1) is 19.0. The van der Waals surface area contributed by atoms with E-state index in [0.717, 1.165) is 24.2 Å². The number of amides is 2. The summed E-state index contributed by atoms with van der Waals surface area (Å²) in [6, 6.07) is 13.3. The summed E-state index contributed by atoms with van der Waals surface area (Å²) in [5.41, 5.74) is 2.21. The maximum absolute atomic E-state index is 12.9. The molecule has 5 nitrogen and oxygen atoms in total. The van der Waals surface area contributed by atoms with Crippen LogP contribution in [-0.4, -0.2) is 24.7 Å². The van der Waals surface area contributed by atoms with Gasteiger partial charge in [-0.1, -0.05) is 23.7 Å². The van der Waals surface area contributed by atoms with Gasteiger partial charge in [0.1, 0.15) is 11.9 Å². The van der Waals surface area contributed by atoms with Crippen molar-refractivity contribution in [2.24, 2.45) is 0 Å². The van der Waals surface area contributed by atoms with Crippen LogP contribution in [0.5, 0.6) is 0 Å². The zero-order chi connectivity index (χ0) is 19.4. The number of hydrogen-bond acceptors (Lipinski definition) is 3. The molecule has 0 bridgehead atoms. The van der Waals surface area contributed by atoms with Gasteiger partial charge in [0.2, 0.25) is 0 Å². The molecule has 2 amide bonds. The third kappa shape index (κ3) is 4.50. The third-order valence-corrected chi connectivity index (χ3v) is 5.16. The summed E-state index contributed by atoms with van der Waals surface area (Å²) >= 11 is 6.13. The van der Waals surface area contributed by atoms with Gasteiger partial charge in [0.25, 0.3) is 0 Å². The molecule has 0 aliphatic carbocycles. The molecule has 2 N–H and O–H groups in total. The molecule has 0 saturated carbocycles. The highest BCUT2D eigenvalue weighted by Crippen LogP contribution is 2.29. The minimum atomic E-state index is -0.300. The summed E-state index contributed by atoms with van der Waals surface area (Å²) in [6.07, 6.45) is 0.808. The van der Waals surface area contributed by atoms with E-state index in [1.54, 1.807) is 24.3 Å². The molecule has 1 fully saturated rings. The Labute approximate surface area is 162 Å². The van der Waals surface area contributed by atoms with Crippen LogP contribution in [0.1, 0.15) is 24.5 Å². The Hall–Kier alpha value is -2.78. The van der Waals surface area contributed by atoms with Crippen LogP contribution < -0.4 is 15.5 Å². The normalized spacial score (nSPS) is 18.8. The van der Waals surface area contributed by atoms with E-state index in [0.29, 0.717) is 17.1 Å². The van der Waals surface area contributed by atoms with Gasteiger partial charge in [0, 0.05) is 24.8 Å². The lowest BCUT2D eigenvalue weighted by atomic mass is 10.1. The molecular formula is C20H20ClFN4O. The Kier molecular flexibility index (Phi) is 5.82. The molecule has 0 spiro atoms. The summed E-state index contributed by atoms with van der Waals surface area (Å²) in [5.74, 6) is -0.300. The minimum absolute atomic E-state index is 0.00682. The van der Waals surface area contributed by atoms with Crippen molar-refractivity contribution in [2.45, 2.75) is 32.0 Å². The molecule has 140 valence electrons. The molecule has 2 aromatic rings. The molecule has 2 aromatic carbocycles. The maximum atomic E-state index is 12.9. The number of hydrogen-bond donors (Lipinski definition) is 2. The van der Waals surface area contributed by atoms with E-state index >= 15 is 0 Å². The third-order valence-electron chi connectivity index (χ3n) is 4.84. The Morgan fingerprint density at radius 3 is 2.74 bits per heavy atom. The fourth-order valence-corrected chi connectivity index (χ4v) is 3.49. The molecule has 7 heteroatoms. The van der Waals surface area contributed by atoms with E-state index in [2.05, 4.69) is 21.6 Å². The molecular weight excluding hydrogens is 367 g/mol. The number of nitrogens with one attached hydrogen (secondary N) is 2. The average Bonchev–Trinajstić information content (AvgIpc) is 3.01. The number of halogens is 2. The molecule has 3 rings (SSSR count). The highest BCUT2D eigenvalue weighted by Gasteiger charge is 2.32. The lowest BCUT2D eigenvalue weighted by Crippen LogP contribution is -2.47. The molecule has 27 heavy (non-hydrogen) atoms. The fraction of sp³-hybridized carbons (Fsp3) is 0.300. The van der Waals surface area contributed by atoms with Crippen molar-refractivity contribution in [3.63, 3.8) is 0 Å². The maximum Gasteiger partial charge on any atom is 0.315 e. The Bertz CT molecular complexity index is 865. The van der Waals surface area contributed by atoms with Crippen molar-refractivity contribution in [3.8, 4) is 6.07 Å². The van der Waals surface area contributed by atoms with E-state index in [4.69, 9.17) is 16.9 Å². The number of carbonyl (C=O) groups is 1. The summed E-state index contributed by atoms with van der Waals surface area (Å²) < 4.78 is 12.9. The Morgan fingerprint density at radius 1 is 1.33 bits per heavy atom. The predicted molar refractivity (Wildman–Crippen MR) is 103 cm³/mol. The lowest BCUT2D eigenvalue weighted by molar-refractivity contribution is 0.236. The Balaban J connectivity index is 1.56. The lowest BCUT2D eigenvalue weighted by Gasteiger charge is -2.27. The van der Waals surface area contributed by atoms with Crippen LogP contribution in [0.15, 0.2) is 42.5 Å². The minimum Gasteiger partial charge on any atom is -0.367 e. The first-order valence-electron chi connectivity index (χ1n) is 8.73. The average molecular weight is 387 g/mol. The van der Waals surface area contributed by atoms with Crippen LogP contribution in [0.4, 0.5) is 14.9 Å². The second kappa shape index (κ2) is 8.28. The SMILES string of the molecule is C[C@H]1[C@H](NC(=O)NCc2ccc(F)cc2)CCN1c1ccc(C#N)c(Cl)c1. The van der Waals surface area contributed by atoms with Gasteiger partial charge < -0.3 is 15.5 Å². The second-order valence-electron chi connectivity index (χ2n) is 6.56. The van der Waals surface area contributed by atoms with Crippen molar-refractivity contribution in [2.75, 3.05) is 11.4 Å². The number of benzene rings is 2. The summed E-state index contributed by atoms with van der Waals surface area (Å²) in [5, 5.41) is 15.2. The largest absolute Gasteiger partial charge is 0.367 e. The summed E-state index contributed by atoms with van der Waals surface area (Å²) in [4.78, 5) is 14.4. The number of nitrogens with zero attached hydrogens (tertiary/aromatic N) is 2. The van der Waals surface area contributed by atoms with Crippen molar-refractivity contribution < 1.29 is 9.18 Å². The van der Waals surface area contributed by atoms with E-state index in [9.17, 15) is 9.18 Å². The van der Waals surface area contributed by atoms with Gasteiger partial charge in [-0.25, -0.2) is 9.18 Å². The molecule has 1 aliphatic heterocycles. The fourth-order valence-electron chi connectivity index (χ4n) is 3.27. The van der Waals surface area contributed by atoms with Crippen molar-refractivity contribution in [1.82, 2.24) is 10.6 Å². The molecule has 1 saturated heterocycles. The van der Waals surface area contributed by atoms with Gasteiger partial charge >= 0.3 is 6.03 Å². The quantitative estimate of drug-likeness (QED) is 0.839. The van der Waals surface area contributed by atoms with Gasteiger partial charge in [-0.2, -0.15) is 5.26 Å². The molecule has 1 heterocycles. The smallest absolute Gasteiger partial charge is 0.315 e. The molecule has 1 aliphatic rings. The molecule has 0 radical (unpaired) electrons. The Morgan fingerprint density at radius 2 is 2.07 bits per heavy atom. The van der Waals surface area contributed by atoms with Crippen molar-refractivity contribution in [1.29, 1.82) is 5.26 Å². The number of anilines is 1. The molecule has 0 unspecified atom stereocenters. The zero-order valence-electron chi connectivity index (χ0n) is 14.9. The molecule has 2 atom stereocenters. The van der Waals surface area contributed by atoms with Crippen molar-refractivity contribution >= 4 is 23.3 Å². The highest BCUT2D eigenvalue weighted by atomic mass is 35.5. The topological polar surface area (TPSA) is 68.2 Å². The summed E-state index contributed by atoms with van der Waals surface area (Å²) in [6.45, 7) is 3.17. The van der Waals surface area contributed by atoms with E-state index in [1.807, 2.05) is 13.0 Å². The van der Waals surface area contributed by atoms with Gasteiger partial charge in [0.15, 0.2) is 0 Å². The van der Waals surface area contributed by atoms with Crippen LogP contribution in [0.25, 0.3) is 0 Å². The van der Waals surface area contributed by atoms with Crippen LogP contribution >= 0.6 is 11.6 Å². The van der Waals surface area contributed by atoms with Gasteiger partial charge in [-0.3, -0.25) is 0 Å². The van der Waals surface area contributed by atoms with Crippen LogP contribution in [-0.2, 0) is 6.54 Å². The number of urea groups is 1. The zero-order valence-corrected chi connectivity index (χ0v) is 15.6. The second-order valence-corrected chi connectivity index (χ2v) is 6.97. The highest BCUT2D eigenvalue weighted by molar-refractivity contribution is 6.32. The summed E-state index contributed by atoms with van der Waals surface area (Å²) in [7, 11) is 0. The number of rotatable bonds is 4. The molecule has 0 aromatic heterocycles. The van der Waals surface area contributed by atoms with Gasteiger partial charge in [0.05, 0.1) is 16.6 Å². The van der Waals surface area contributed by atoms with Crippen LogP contribution in [0.2, 0.25) is 5.02 Å². The number of nitriles is 1.